The van der Waals surface area contributed by atoms with Gasteiger partial charge in [0.25, 0.3) is 5.69 Å². The van der Waals surface area contributed by atoms with Crippen LogP contribution in [0.2, 0.25) is 5.02 Å². The van der Waals surface area contributed by atoms with Gasteiger partial charge in [0.15, 0.2) is 0 Å². The number of nitrogens with zero attached hydrogens (tertiary/aromatic N) is 2. The van der Waals surface area contributed by atoms with Crippen molar-refractivity contribution in [2.75, 3.05) is 4.90 Å². The zero-order valence-electron chi connectivity index (χ0n) is 21.3. The number of imide groups is 1. The van der Waals surface area contributed by atoms with Gasteiger partial charge in [0.05, 0.1) is 33.0 Å². The molecular formula is C30H23ClN2O7. The van der Waals surface area contributed by atoms with Crippen LogP contribution in [-0.4, -0.2) is 22.7 Å². The van der Waals surface area contributed by atoms with Crippen molar-refractivity contribution in [2.45, 2.75) is 20.0 Å². The summed E-state index contributed by atoms with van der Waals surface area (Å²) in [4.78, 5) is 50.4. The van der Waals surface area contributed by atoms with E-state index in [0.717, 1.165) is 6.42 Å². The van der Waals surface area contributed by atoms with Gasteiger partial charge in [-0.3, -0.25) is 24.6 Å². The Morgan fingerprint density at radius 1 is 1.02 bits per heavy atom. The molecule has 0 unspecified atom stereocenters. The minimum atomic E-state index is -0.543. The number of rotatable bonds is 7. The largest absolute Gasteiger partial charge is 0.457 e. The van der Waals surface area contributed by atoms with E-state index in [1.807, 2.05) is 6.92 Å². The van der Waals surface area contributed by atoms with Crippen molar-refractivity contribution in [1.82, 2.24) is 0 Å². The highest BCUT2D eigenvalue weighted by atomic mass is 35.5. The fourth-order valence-corrected chi connectivity index (χ4v) is 6.19. The molecule has 2 bridgehead atoms. The number of hydrogen-bond donors (Lipinski definition) is 0. The molecule has 1 heterocycles. The molecule has 0 spiro atoms. The first-order valence-corrected chi connectivity index (χ1v) is 13.1. The molecule has 2 amide bonds. The molecule has 6 rings (SSSR count). The predicted molar refractivity (Wildman–Crippen MR) is 145 cm³/mol. The van der Waals surface area contributed by atoms with Gasteiger partial charge in [0.2, 0.25) is 11.8 Å². The van der Waals surface area contributed by atoms with Gasteiger partial charge in [0.1, 0.15) is 18.1 Å². The Morgan fingerprint density at radius 3 is 2.40 bits per heavy atom. The summed E-state index contributed by atoms with van der Waals surface area (Å²) in [6.45, 7) is 2.04. The number of esters is 1. The molecule has 3 aromatic rings. The Hall–Kier alpha value is -4.50. The van der Waals surface area contributed by atoms with Crippen LogP contribution in [0.25, 0.3) is 0 Å². The summed E-state index contributed by atoms with van der Waals surface area (Å²) >= 11 is 6.07. The number of nitro benzene ring substituents is 1. The maximum atomic E-state index is 13.1. The second-order valence-electron chi connectivity index (χ2n) is 10.2. The van der Waals surface area contributed by atoms with E-state index in [1.54, 1.807) is 48.5 Å². The lowest BCUT2D eigenvalue weighted by Gasteiger charge is -2.19. The number of carbonyl (C=O) groups excluding carboxylic acids is 3. The number of carbonyl (C=O) groups is 3. The molecule has 1 saturated carbocycles. The average molecular weight is 559 g/mol. The fraction of sp³-hybridized carbons (Fsp3) is 0.233. The molecule has 2 fully saturated rings. The summed E-state index contributed by atoms with van der Waals surface area (Å²) in [5.41, 5.74) is 2.53. The highest BCUT2D eigenvalue weighted by Gasteiger charge is 2.60. The van der Waals surface area contributed by atoms with E-state index >= 15 is 0 Å². The molecule has 3 aliphatic rings. The highest BCUT2D eigenvalue weighted by molar-refractivity contribution is 6.32. The number of halogens is 1. The molecular weight excluding hydrogens is 536 g/mol. The minimum Gasteiger partial charge on any atom is -0.457 e. The third-order valence-electron chi connectivity index (χ3n) is 7.89. The van der Waals surface area contributed by atoms with Crippen LogP contribution in [-0.2, 0) is 20.9 Å². The van der Waals surface area contributed by atoms with Gasteiger partial charge in [-0.15, -0.1) is 0 Å². The lowest BCUT2D eigenvalue weighted by molar-refractivity contribution is -0.384. The SMILES string of the molecule is CC1=C[C@H]2C[C@H]1[C@H]1C(=O)N(c3ccc(C(=O)OCc4ccc(Oc5ccc([N+](=O)[O-])cc5Cl)cc4)cc3)C(=O)[C@@H]12. The van der Waals surface area contributed by atoms with Gasteiger partial charge >= 0.3 is 5.97 Å². The van der Waals surface area contributed by atoms with Crippen LogP contribution in [0.4, 0.5) is 11.4 Å². The van der Waals surface area contributed by atoms with Gasteiger partial charge < -0.3 is 9.47 Å². The normalized spacial score (nSPS) is 22.8. The Labute approximate surface area is 234 Å². The zero-order valence-corrected chi connectivity index (χ0v) is 22.0. The fourth-order valence-electron chi connectivity index (χ4n) is 5.97. The van der Waals surface area contributed by atoms with Crippen LogP contribution in [0, 0.1) is 33.8 Å². The molecule has 202 valence electrons. The van der Waals surface area contributed by atoms with E-state index in [2.05, 4.69) is 6.08 Å². The van der Waals surface area contributed by atoms with Crippen LogP contribution in [0.15, 0.2) is 78.4 Å². The predicted octanol–water partition coefficient (Wildman–Crippen LogP) is 6.10. The van der Waals surface area contributed by atoms with E-state index in [-0.39, 0.29) is 58.6 Å². The second kappa shape index (κ2) is 9.91. The Kier molecular flexibility index (Phi) is 6.38. The number of hydrogen-bond acceptors (Lipinski definition) is 7. The lowest BCUT2D eigenvalue weighted by atomic mass is 9.82. The summed E-state index contributed by atoms with van der Waals surface area (Å²) in [5, 5.41) is 11.0. The summed E-state index contributed by atoms with van der Waals surface area (Å²) < 4.78 is 11.1. The Morgan fingerprint density at radius 2 is 1.73 bits per heavy atom. The first-order chi connectivity index (χ1) is 19.2. The number of allylic oxidation sites excluding steroid dienone is 2. The monoisotopic (exact) mass is 558 g/mol. The summed E-state index contributed by atoms with van der Waals surface area (Å²) in [6.07, 6.45) is 3.01. The first kappa shape index (κ1) is 25.8. The number of benzene rings is 3. The Balaban J connectivity index is 1.05. The van der Waals surface area contributed by atoms with Gasteiger partial charge in [-0.25, -0.2) is 4.79 Å². The van der Waals surface area contributed by atoms with Crippen LogP contribution >= 0.6 is 11.6 Å². The molecule has 1 saturated heterocycles. The van der Waals surface area contributed by atoms with Crippen LogP contribution in [0.1, 0.15) is 29.3 Å². The molecule has 0 aromatic heterocycles. The smallest absolute Gasteiger partial charge is 0.338 e. The topological polar surface area (TPSA) is 116 Å². The van der Waals surface area contributed by atoms with Crippen LogP contribution in [0.3, 0.4) is 0 Å². The van der Waals surface area contributed by atoms with E-state index in [0.29, 0.717) is 22.6 Å². The van der Waals surface area contributed by atoms with Gasteiger partial charge in [-0.2, -0.15) is 0 Å². The lowest BCUT2D eigenvalue weighted by Crippen LogP contribution is -2.32. The molecule has 9 nitrogen and oxygen atoms in total. The van der Waals surface area contributed by atoms with E-state index in [9.17, 15) is 24.5 Å². The van der Waals surface area contributed by atoms with Crippen molar-refractivity contribution in [1.29, 1.82) is 0 Å². The molecule has 3 aromatic carbocycles. The zero-order chi connectivity index (χ0) is 28.1. The van der Waals surface area contributed by atoms with Crippen LogP contribution in [0.5, 0.6) is 11.5 Å². The Bertz CT molecular complexity index is 1580. The summed E-state index contributed by atoms with van der Waals surface area (Å²) in [5.74, 6) is -0.427. The number of ether oxygens (including phenoxy) is 2. The van der Waals surface area contributed by atoms with Crippen LogP contribution < -0.4 is 9.64 Å². The first-order valence-electron chi connectivity index (χ1n) is 12.8. The van der Waals surface area contributed by atoms with E-state index in [4.69, 9.17) is 21.1 Å². The minimum absolute atomic E-state index is 0.0146. The average Bonchev–Trinajstić information content (AvgIpc) is 3.59. The molecule has 4 atom stereocenters. The maximum absolute atomic E-state index is 13.1. The van der Waals surface area contributed by atoms with Crippen molar-refractivity contribution in [3.8, 4) is 11.5 Å². The number of fused-ring (bicyclic) bond motifs is 5. The number of non-ortho nitro benzene ring substituents is 1. The van der Waals surface area contributed by atoms with Gasteiger partial charge in [-0.05, 0) is 73.2 Å². The summed E-state index contributed by atoms with van der Waals surface area (Å²) in [6, 6.07) is 17.0. The van der Waals surface area contributed by atoms with Gasteiger partial charge in [0, 0.05) is 12.1 Å². The van der Waals surface area contributed by atoms with Crippen molar-refractivity contribution in [3.63, 3.8) is 0 Å². The van der Waals surface area contributed by atoms with E-state index in [1.165, 1.54) is 28.7 Å². The second-order valence-corrected chi connectivity index (χ2v) is 10.6. The van der Waals surface area contributed by atoms with E-state index < -0.39 is 10.9 Å². The molecule has 1 aliphatic heterocycles. The standard InChI is InChI=1S/C30H23ClN2O7/c1-16-12-19-13-23(16)27-26(19)28(34)32(29(27)35)20-6-4-18(5-7-20)30(36)39-15-17-2-9-22(10-3-17)40-25-11-8-21(33(37)38)14-24(25)31/h2-12,14,19,23,26-27H,13,15H2,1H3/t19-,23+,26+,27+/m0/s1. The highest BCUT2D eigenvalue weighted by Crippen LogP contribution is 2.55. The van der Waals surface area contributed by atoms with Crippen molar-refractivity contribution in [3.05, 3.63) is 105 Å². The molecule has 10 heteroatoms. The number of amides is 2. The quantitative estimate of drug-likeness (QED) is 0.113. The molecule has 0 N–H and O–H groups in total. The maximum Gasteiger partial charge on any atom is 0.338 e. The molecule has 0 radical (unpaired) electrons. The van der Waals surface area contributed by atoms with Crippen molar-refractivity contribution >= 4 is 40.8 Å². The number of nitro groups is 1. The van der Waals surface area contributed by atoms with Crippen molar-refractivity contribution < 1.29 is 28.8 Å². The summed E-state index contributed by atoms with van der Waals surface area (Å²) in [7, 11) is 0. The molecule has 2 aliphatic carbocycles. The third kappa shape index (κ3) is 4.42. The van der Waals surface area contributed by atoms with Crippen molar-refractivity contribution in [2.24, 2.45) is 23.7 Å². The molecule has 40 heavy (non-hydrogen) atoms. The third-order valence-corrected chi connectivity index (χ3v) is 8.18. The number of anilines is 1. The van der Waals surface area contributed by atoms with Gasteiger partial charge in [-0.1, -0.05) is 35.4 Å².